The zero-order chi connectivity index (χ0) is 20.5. The van der Waals surface area contributed by atoms with E-state index in [2.05, 4.69) is 5.32 Å². The van der Waals surface area contributed by atoms with Crippen molar-refractivity contribution in [3.8, 4) is 11.5 Å². The fourth-order valence-electron chi connectivity index (χ4n) is 2.98. The maximum absolute atomic E-state index is 12.6. The van der Waals surface area contributed by atoms with Gasteiger partial charge in [-0.1, -0.05) is 13.0 Å². The van der Waals surface area contributed by atoms with Gasteiger partial charge in [-0.3, -0.25) is 9.59 Å². The van der Waals surface area contributed by atoms with E-state index in [-0.39, 0.29) is 17.0 Å². The molecule has 1 heterocycles. The number of amides is 2. The summed E-state index contributed by atoms with van der Waals surface area (Å²) in [5.74, 6) is -0.836. The lowest BCUT2D eigenvalue weighted by Crippen LogP contribution is -2.30. The number of ether oxygens (including phenoxy) is 2. The number of nitrogens with zero attached hydrogens (tertiary/aromatic N) is 1. The van der Waals surface area contributed by atoms with Crippen LogP contribution >= 0.6 is 0 Å². The molecule has 3 rings (SSSR count). The number of benzene rings is 2. The maximum atomic E-state index is 12.6. The third-order valence-electron chi connectivity index (χ3n) is 4.34. The highest BCUT2D eigenvalue weighted by Crippen LogP contribution is 2.31. The van der Waals surface area contributed by atoms with Crippen molar-refractivity contribution >= 4 is 33.2 Å². The van der Waals surface area contributed by atoms with Gasteiger partial charge in [0.15, 0.2) is 11.5 Å². The molecule has 0 aliphatic carbocycles. The summed E-state index contributed by atoms with van der Waals surface area (Å²) in [7, 11) is -0.737. The Morgan fingerprint density at radius 2 is 1.82 bits per heavy atom. The molecule has 0 spiro atoms. The average Bonchev–Trinajstić information content (AvgIpc) is 2.88. The zero-order valence-electron chi connectivity index (χ0n) is 15.6. The molecule has 1 unspecified atom stereocenters. The Morgan fingerprint density at radius 1 is 1.11 bits per heavy atom. The number of hydrogen-bond donors (Lipinski definition) is 1. The molecular weight excluding hydrogens is 384 g/mol. The van der Waals surface area contributed by atoms with Crippen molar-refractivity contribution in [2.45, 2.75) is 6.92 Å². The third kappa shape index (κ3) is 3.65. The lowest BCUT2D eigenvalue weighted by Gasteiger charge is -2.16. The molecule has 1 atom stereocenters. The molecule has 1 saturated heterocycles. The van der Waals surface area contributed by atoms with Gasteiger partial charge in [-0.2, -0.15) is 0 Å². The summed E-state index contributed by atoms with van der Waals surface area (Å²) in [6.07, 6.45) is 0. The molecule has 0 bridgehead atoms. The lowest BCUT2D eigenvalue weighted by atomic mass is 10.1. The summed E-state index contributed by atoms with van der Waals surface area (Å²) in [5.41, 5.74) is 0.843. The molecule has 8 nitrogen and oxygen atoms in total. The predicted molar refractivity (Wildman–Crippen MR) is 104 cm³/mol. The summed E-state index contributed by atoms with van der Waals surface area (Å²) in [4.78, 5) is 24.9. The van der Waals surface area contributed by atoms with Crippen molar-refractivity contribution in [1.29, 1.82) is 0 Å². The Morgan fingerprint density at radius 3 is 2.43 bits per heavy atom. The summed E-state index contributed by atoms with van der Waals surface area (Å²) in [6, 6.07) is 10.8. The minimum absolute atomic E-state index is 0.148. The first-order valence-electron chi connectivity index (χ1n) is 8.47. The molecule has 1 fully saturated rings. The molecule has 0 aromatic heterocycles. The molecule has 1 N–H and O–H groups in total. The Bertz CT molecular complexity index is 1030. The second kappa shape index (κ2) is 7.51. The van der Waals surface area contributed by atoms with Gasteiger partial charge < -0.3 is 14.8 Å². The van der Waals surface area contributed by atoms with Crippen LogP contribution in [0.4, 0.5) is 11.4 Å². The summed E-state index contributed by atoms with van der Waals surface area (Å²) >= 11 is 0. The van der Waals surface area contributed by atoms with Crippen LogP contribution in [0, 0.1) is 5.92 Å². The van der Waals surface area contributed by atoms with Crippen LogP contribution in [0.2, 0.25) is 0 Å². The van der Waals surface area contributed by atoms with Gasteiger partial charge >= 0.3 is 0 Å². The molecule has 2 aromatic rings. The highest BCUT2D eigenvalue weighted by molar-refractivity contribution is 7.94. The first-order valence-corrected chi connectivity index (χ1v) is 10.1. The fourth-order valence-corrected chi connectivity index (χ4v) is 4.79. The SMILES string of the molecule is COc1ccc(NC(=O)c2cccc(N3C(=O)C(C)CS3(=O)=O)c2)cc1OC. The maximum Gasteiger partial charge on any atom is 0.255 e. The van der Waals surface area contributed by atoms with E-state index < -0.39 is 27.8 Å². The first-order chi connectivity index (χ1) is 13.3. The van der Waals surface area contributed by atoms with E-state index >= 15 is 0 Å². The quantitative estimate of drug-likeness (QED) is 0.820. The van der Waals surface area contributed by atoms with Gasteiger partial charge in [0.2, 0.25) is 15.9 Å². The van der Waals surface area contributed by atoms with Gasteiger partial charge in [-0.25, -0.2) is 12.7 Å². The van der Waals surface area contributed by atoms with E-state index in [4.69, 9.17) is 9.47 Å². The molecular formula is C19H20N2O6S. The molecule has 2 amide bonds. The molecule has 2 aromatic carbocycles. The van der Waals surface area contributed by atoms with Crippen LogP contribution in [-0.2, 0) is 14.8 Å². The van der Waals surface area contributed by atoms with Crippen molar-refractivity contribution < 1.29 is 27.5 Å². The monoisotopic (exact) mass is 404 g/mol. The Balaban J connectivity index is 1.86. The highest BCUT2D eigenvalue weighted by Gasteiger charge is 2.42. The minimum atomic E-state index is -3.73. The first kappa shape index (κ1) is 19.7. The van der Waals surface area contributed by atoms with Crippen LogP contribution < -0.4 is 19.1 Å². The number of rotatable bonds is 5. The van der Waals surface area contributed by atoms with Crippen LogP contribution in [0.5, 0.6) is 11.5 Å². The summed E-state index contributed by atoms with van der Waals surface area (Å²) in [6.45, 7) is 1.56. The van der Waals surface area contributed by atoms with Gasteiger partial charge in [0.05, 0.1) is 31.6 Å². The van der Waals surface area contributed by atoms with E-state index in [1.54, 1.807) is 25.1 Å². The van der Waals surface area contributed by atoms with Crippen molar-refractivity contribution in [3.63, 3.8) is 0 Å². The van der Waals surface area contributed by atoms with Crippen LogP contribution in [0.15, 0.2) is 42.5 Å². The molecule has 28 heavy (non-hydrogen) atoms. The summed E-state index contributed by atoms with van der Waals surface area (Å²) in [5, 5.41) is 2.72. The molecule has 1 aliphatic heterocycles. The van der Waals surface area contributed by atoms with Crippen LogP contribution in [0.1, 0.15) is 17.3 Å². The Kier molecular flexibility index (Phi) is 5.28. The number of methoxy groups -OCH3 is 2. The van der Waals surface area contributed by atoms with E-state index in [1.807, 2.05) is 0 Å². The lowest BCUT2D eigenvalue weighted by molar-refractivity contribution is -0.119. The van der Waals surface area contributed by atoms with Crippen LogP contribution in [0.25, 0.3) is 0 Å². The number of hydrogen-bond acceptors (Lipinski definition) is 6. The van der Waals surface area contributed by atoms with Crippen molar-refractivity contribution in [3.05, 3.63) is 48.0 Å². The topological polar surface area (TPSA) is 102 Å². The Hall–Kier alpha value is -3.07. The normalized spacial score (nSPS) is 18.0. The van der Waals surface area contributed by atoms with Gasteiger partial charge in [-0.05, 0) is 30.3 Å². The molecule has 1 aliphatic rings. The number of anilines is 2. The second-order valence-corrected chi connectivity index (χ2v) is 8.22. The standard InChI is InChI=1S/C19H20N2O6S/c1-12-11-28(24,25)21(19(12)23)15-6-4-5-13(9-15)18(22)20-14-7-8-16(26-2)17(10-14)27-3/h4-10,12H,11H2,1-3H3,(H,20,22). The van der Waals surface area contributed by atoms with Gasteiger partial charge in [0.1, 0.15) is 0 Å². The number of sulfonamides is 1. The van der Waals surface area contributed by atoms with Crippen LogP contribution in [0.3, 0.4) is 0 Å². The van der Waals surface area contributed by atoms with Gasteiger partial charge in [-0.15, -0.1) is 0 Å². The third-order valence-corrected chi connectivity index (χ3v) is 6.21. The average molecular weight is 404 g/mol. The van der Waals surface area contributed by atoms with E-state index in [0.717, 1.165) is 4.31 Å². The van der Waals surface area contributed by atoms with E-state index in [9.17, 15) is 18.0 Å². The highest BCUT2D eigenvalue weighted by atomic mass is 32.2. The van der Waals surface area contributed by atoms with E-state index in [0.29, 0.717) is 17.2 Å². The predicted octanol–water partition coefficient (Wildman–Crippen LogP) is 2.27. The molecule has 0 saturated carbocycles. The Labute approximate surface area is 163 Å². The van der Waals surface area contributed by atoms with Crippen molar-refractivity contribution in [2.75, 3.05) is 29.6 Å². The summed E-state index contributed by atoms with van der Waals surface area (Å²) < 4.78 is 35.7. The smallest absolute Gasteiger partial charge is 0.255 e. The second-order valence-electron chi connectivity index (χ2n) is 6.36. The zero-order valence-corrected chi connectivity index (χ0v) is 16.4. The van der Waals surface area contributed by atoms with Crippen LogP contribution in [-0.4, -0.2) is 40.2 Å². The van der Waals surface area contributed by atoms with Crippen molar-refractivity contribution in [2.24, 2.45) is 5.92 Å². The number of nitrogens with one attached hydrogen (secondary N) is 1. The molecule has 0 radical (unpaired) electrons. The molecule has 9 heteroatoms. The van der Waals surface area contributed by atoms with Gasteiger partial charge in [0.25, 0.3) is 5.91 Å². The fraction of sp³-hybridized carbons (Fsp3) is 0.263. The molecule has 148 valence electrons. The minimum Gasteiger partial charge on any atom is -0.493 e. The number of carbonyl (C=O) groups is 2. The van der Waals surface area contributed by atoms with Crippen molar-refractivity contribution in [1.82, 2.24) is 0 Å². The van der Waals surface area contributed by atoms with E-state index in [1.165, 1.54) is 38.5 Å². The largest absolute Gasteiger partial charge is 0.493 e. The van der Waals surface area contributed by atoms with Gasteiger partial charge in [0, 0.05) is 17.3 Å². The number of carbonyl (C=O) groups excluding carboxylic acids is 2.